The van der Waals surface area contributed by atoms with Gasteiger partial charge in [0.25, 0.3) is 0 Å². The van der Waals surface area contributed by atoms with Crippen LogP contribution in [0.4, 0.5) is 0 Å². The fraction of sp³-hybridized carbons (Fsp3) is 1.00. The predicted octanol–water partition coefficient (Wildman–Crippen LogP) is 3.67. The molecule has 1 atom stereocenters. The minimum atomic E-state index is 0.494. The Morgan fingerprint density at radius 1 is 1.21 bits per heavy atom. The largest absolute Gasteiger partial charge is 0.312 e. The second-order valence-electron chi connectivity index (χ2n) is 7.61. The van der Waals surface area contributed by atoms with Crippen molar-refractivity contribution in [2.24, 2.45) is 11.3 Å². The van der Waals surface area contributed by atoms with Gasteiger partial charge in [-0.15, -0.1) is 0 Å². The van der Waals surface area contributed by atoms with Crippen molar-refractivity contribution in [2.45, 2.75) is 71.8 Å². The molecule has 1 aliphatic carbocycles. The van der Waals surface area contributed by atoms with Crippen LogP contribution in [0.15, 0.2) is 0 Å². The number of hydrogen-bond donors (Lipinski definition) is 1. The SMILES string of the molecule is CCCCCC(C)(C)CN1CCCNC(C2CC2)C1. The summed E-state index contributed by atoms with van der Waals surface area (Å²) in [5, 5.41) is 3.77. The van der Waals surface area contributed by atoms with E-state index in [0.29, 0.717) is 5.41 Å². The summed E-state index contributed by atoms with van der Waals surface area (Å²) in [6.45, 7) is 12.3. The lowest BCUT2D eigenvalue weighted by molar-refractivity contribution is 0.160. The van der Waals surface area contributed by atoms with E-state index in [-0.39, 0.29) is 0 Å². The maximum atomic E-state index is 3.77. The van der Waals surface area contributed by atoms with Crippen LogP contribution in [0.25, 0.3) is 0 Å². The van der Waals surface area contributed by atoms with E-state index in [1.165, 1.54) is 71.1 Å². The fourth-order valence-corrected chi connectivity index (χ4v) is 3.52. The average molecular weight is 266 g/mol. The first kappa shape index (κ1) is 15.3. The first-order valence-electron chi connectivity index (χ1n) is 8.56. The third-order valence-corrected chi connectivity index (χ3v) is 4.81. The molecule has 2 fully saturated rings. The molecule has 2 aliphatic rings. The first-order chi connectivity index (χ1) is 9.11. The van der Waals surface area contributed by atoms with Crippen LogP contribution in [0.2, 0.25) is 0 Å². The maximum absolute atomic E-state index is 3.77. The van der Waals surface area contributed by atoms with E-state index in [9.17, 15) is 0 Å². The summed E-state index contributed by atoms with van der Waals surface area (Å²) in [4.78, 5) is 2.74. The Kier molecular flexibility index (Phi) is 5.70. The molecule has 0 aromatic heterocycles. The van der Waals surface area contributed by atoms with E-state index < -0.39 is 0 Å². The Labute approximate surface area is 120 Å². The van der Waals surface area contributed by atoms with Gasteiger partial charge in [-0.05, 0) is 50.1 Å². The minimum absolute atomic E-state index is 0.494. The van der Waals surface area contributed by atoms with Crippen LogP contribution in [-0.4, -0.2) is 37.1 Å². The Hall–Kier alpha value is -0.0800. The van der Waals surface area contributed by atoms with Gasteiger partial charge in [-0.25, -0.2) is 0 Å². The van der Waals surface area contributed by atoms with Crippen molar-refractivity contribution in [3.05, 3.63) is 0 Å². The highest BCUT2D eigenvalue weighted by Gasteiger charge is 2.34. The van der Waals surface area contributed by atoms with Gasteiger partial charge in [-0.2, -0.15) is 0 Å². The molecule has 112 valence electrons. The van der Waals surface area contributed by atoms with Crippen LogP contribution >= 0.6 is 0 Å². The molecule has 0 aromatic rings. The van der Waals surface area contributed by atoms with Crippen molar-refractivity contribution in [1.29, 1.82) is 0 Å². The van der Waals surface area contributed by atoms with Crippen molar-refractivity contribution in [1.82, 2.24) is 10.2 Å². The second-order valence-corrected chi connectivity index (χ2v) is 7.61. The van der Waals surface area contributed by atoms with Gasteiger partial charge in [0.1, 0.15) is 0 Å². The molecule has 2 heteroatoms. The highest BCUT2D eigenvalue weighted by Crippen LogP contribution is 2.34. The van der Waals surface area contributed by atoms with Crippen molar-refractivity contribution in [3.63, 3.8) is 0 Å². The number of hydrogen-bond acceptors (Lipinski definition) is 2. The van der Waals surface area contributed by atoms with E-state index in [1.54, 1.807) is 0 Å². The Balaban J connectivity index is 1.78. The molecular weight excluding hydrogens is 232 g/mol. The lowest BCUT2D eigenvalue weighted by Gasteiger charge is -2.33. The van der Waals surface area contributed by atoms with Gasteiger partial charge in [0.05, 0.1) is 0 Å². The van der Waals surface area contributed by atoms with E-state index in [4.69, 9.17) is 0 Å². The summed E-state index contributed by atoms with van der Waals surface area (Å²) >= 11 is 0. The minimum Gasteiger partial charge on any atom is -0.312 e. The molecule has 0 spiro atoms. The summed E-state index contributed by atoms with van der Waals surface area (Å²) in [7, 11) is 0. The molecule has 0 amide bonds. The molecule has 1 unspecified atom stereocenters. The van der Waals surface area contributed by atoms with Gasteiger partial charge in [-0.1, -0.05) is 40.0 Å². The van der Waals surface area contributed by atoms with Gasteiger partial charge < -0.3 is 10.2 Å². The van der Waals surface area contributed by atoms with Gasteiger partial charge in [0.15, 0.2) is 0 Å². The summed E-state index contributed by atoms with van der Waals surface area (Å²) in [6, 6.07) is 0.786. The molecule has 1 saturated heterocycles. The van der Waals surface area contributed by atoms with E-state index >= 15 is 0 Å². The van der Waals surface area contributed by atoms with E-state index in [2.05, 4.69) is 31.0 Å². The van der Waals surface area contributed by atoms with Crippen LogP contribution < -0.4 is 5.32 Å². The maximum Gasteiger partial charge on any atom is 0.0223 e. The van der Waals surface area contributed by atoms with Crippen LogP contribution in [-0.2, 0) is 0 Å². The number of nitrogens with zero attached hydrogens (tertiary/aromatic N) is 1. The third-order valence-electron chi connectivity index (χ3n) is 4.81. The number of rotatable bonds is 7. The molecule has 0 aromatic carbocycles. The zero-order valence-corrected chi connectivity index (χ0v) is 13.4. The topological polar surface area (TPSA) is 15.3 Å². The average Bonchev–Trinajstić information content (AvgIpc) is 3.14. The van der Waals surface area contributed by atoms with Crippen LogP contribution in [0.5, 0.6) is 0 Å². The molecule has 1 aliphatic heterocycles. The van der Waals surface area contributed by atoms with Crippen molar-refractivity contribution >= 4 is 0 Å². The Morgan fingerprint density at radius 2 is 2.00 bits per heavy atom. The zero-order valence-electron chi connectivity index (χ0n) is 13.4. The molecule has 19 heavy (non-hydrogen) atoms. The summed E-state index contributed by atoms with van der Waals surface area (Å²) in [6.07, 6.45) is 9.79. The molecule has 1 heterocycles. The lowest BCUT2D eigenvalue weighted by atomic mass is 9.86. The predicted molar refractivity (Wildman–Crippen MR) is 83.5 cm³/mol. The molecule has 2 nitrogen and oxygen atoms in total. The fourth-order valence-electron chi connectivity index (χ4n) is 3.52. The molecule has 1 N–H and O–H groups in total. The van der Waals surface area contributed by atoms with E-state index in [1.807, 2.05) is 0 Å². The molecular formula is C17H34N2. The standard InChI is InChI=1S/C17H34N2/c1-4-5-6-10-17(2,3)14-19-12-7-11-18-16(13-19)15-8-9-15/h15-16,18H,4-14H2,1-3H3. The summed E-state index contributed by atoms with van der Waals surface area (Å²) in [5.74, 6) is 0.990. The van der Waals surface area contributed by atoms with Crippen LogP contribution in [0, 0.1) is 11.3 Å². The van der Waals surface area contributed by atoms with Crippen LogP contribution in [0.3, 0.4) is 0 Å². The smallest absolute Gasteiger partial charge is 0.0223 e. The molecule has 2 rings (SSSR count). The van der Waals surface area contributed by atoms with Crippen molar-refractivity contribution in [3.8, 4) is 0 Å². The van der Waals surface area contributed by atoms with Crippen LogP contribution in [0.1, 0.15) is 65.7 Å². The normalized spacial score (nSPS) is 26.4. The molecule has 0 radical (unpaired) electrons. The quantitative estimate of drug-likeness (QED) is 0.707. The van der Waals surface area contributed by atoms with Gasteiger partial charge >= 0.3 is 0 Å². The number of unbranched alkanes of at least 4 members (excludes halogenated alkanes) is 2. The highest BCUT2D eigenvalue weighted by atomic mass is 15.2. The second kappa shape index (κ2) is 7.08. The lowest BCUT2D eigenvalue weighted by Crippen LogP contribution is -2.42. The third kappa shape index (κ3) is 5.43. The Bertz CT molecular complexity index is 258. The van der Waals surface area contributed by atoms with E-state index in [0.717, 1.165) is 12.0 Å². The monoisotopic (exact) mass is 266 g/mol. The Morgan fingerprint density at radius 3 is 2.68 bits per heavy atom. The highest BCUT2D eigenvalue weighted by molar-refractivity contribution is 4.91. The molecule has 0 bridgehead atoms. The summed E-state index contributed by atoms with van der Waals surface area (Å²) < 4.78 is 0. The molecule has 1 saturated carbocycles. The van der Waals surface area contributed by atoms with Crippen molar-refractivity contribution < 1.29 is 0 Å². The van der Waals surface area contributed by atoms with Gasteiger partial charge in [-0.3, -0.25) is 0 Å². The van der Waals surface area contributed by atoms with Crippen molar-refractivity contribution in [2.75, 3.05) is 26.2 Å². The van der Waals surface area contributed by atoms with Gasteiger partial charge in [0.2, 0.25) is 0 Å². The summed E-state index contributed by atoms with van der Waals surface area (Å²) in [5.41, 5.74) is 0.494. The number of nitrogens with one attached hydrogen (secondary N) is 1. The van der Waals surface area contributed by atoms with Gasteiger partial charge in [0, 0.05) is 19.1 Å². The zero-order chi connectivity index (χ0) is 13.7. The first-order valence-corrected chi connectivity index (χ1v) is 8.56.